The van der Waals surface area contributed by atoms with Crippen LogP contribution in [0.3, 0.4) is 0 Å². The van der Waals surface area contributed by atoms with Gasteiger partial charge in [0.25, 0.3) is 0 Å². The molecule has 0 aliphatic heterocycles. The Morgan fingerprint density at radius 2 is 2.05 bits per heavy atom. The van der Waals surface area contributed by atoms with Crippen LogP contribution in [0.2, 0.25) is 0 Å². The summed E-state index contributed by atoms with van der Waals surface area (Å²) in [6.07, 6.45) is 3.44. The largest absolute Gasteiger partial charge is 0.542 e. The van der Waals surface area contributed by atoms with Crippen LogP contribution in [0.4, 0.5) is 0 Å². The first-order chi connectivity index (χ1) is 9.22. The number of furan rings is 1. The molecule has 4 nitrogen and oxygen atoms in total. The Hall–Kier alpha value is -2.23. The second kappa shape index (κ2) is 4.80. The molecule has 0 saturated carbocycles. The highest BCUT2D eigenvalue weighted by Crippen LogP contribution is 2.26. The van der Waals surface area contributed by atoms with E-state index in [9.17, 15) is 9.90 Å². The number of aromatic carboxylic acids is 1. The van der Waals surface area contributed by atoms with Gasteiger partial charge in [-0.25, -0.2) is 0 Å². The Balaban J connectivity index is 1.67. The van der Waals surface area contributed by atoms with E-state index in [1.807, 2.05) is 12.1 Å². The van der Waals surface area contributed by atoms with Gasteiger partial charge in [-0.1, -0.05) is 6.07 Å². The van der Waals surface area contributed by atoms with E-state index in [0.29, 0.717) is 5.76 Å². The Bertz CT molecular complexity index is 612. The van der Waals surface area contributed by atoms with Crippen LogP contribution < -0.4 is 9.84 Å². The number of hydrogen-bond acceptors (Lipinski definition) is 4. The van der Waals surface area contributed by atoms with Gasteiger partial charge in [-0.15, -0.1) is 0 Å². The van der Waals surface area contributed by atoms with E-state index >= 15 is 0 Å². The molecule has 0 bridgehead atoms. The van der Waals surface area contributed by atoms with Crippen molar-refractivity contribution in [1.82, 2.24) is 0 Å². The minimum atomic E-state index is -1.32. The summed E-state index contributed by atoms with van der Waals surface area (Å²) in [5.41, 5.74) is 2.73. The molecule has 1 heterocycles. The summed E-state index contributed by atoms with van der Waals surface area (Å²) >= 11 is 0. The third kappa shape index (κ3) is 2.47. The summed E-state index contributed by atoms with van der Waals surface area (Å²) in [5.74, 6) is -0.233. The van der Waals surface area contributed by atoms with Gasteiger partial charge in [-0.2, -0.15) is 0 Å². The zero-order valence-electron chi connectivity index (χ0n) is 10.3. The van der Waals surface area contributed by atoms with Crippen molar-refractivity contribution in [1.29, 1.82) is 0 Å². The van der Waals surface area contributed by atoms with E-state index in [2.05, 4.69) is 6.07 Å². The summed E-state index contributed by atoms with van der Waals surface area (Å²) in [4.78, 5) is 10.6. The quantitative estimate of drug-likeness (QED) is 0.836. The Morgan fingerprint density at radius 1 is 1.21 bits per heavy atom. The standard InChI is InChI=1S/C15H14O4/c16-15(17)14-7-6-13(19-14)9-18-12-5-4-10-2-1-3-11(10)8-12/h4-8H,1-3,9H2,(H,16,17)/p-1. The van der Waals surface area contributed by atoms with E-state index in [1.54, 1.807) is 6.07 Å². The lowest BCUT2D eigenvalue weighted by molar-refractivity contribution is -0.257. The van der Waals surface area contributed by atoms with Gasteiger partial charge in [0.05, 0.1) is 0 Å². The van der Waals surface area contributed by atoms with Gasteiger partial charge in [0.2, 0.25) is 0 Å². The van der Waals surface area contributed by atoms with Crippen molar-refractivity contribution in [2.45, 2.75) is 25.9 Å². The van der Waals surface area contributed by atoms with Crippen molar-refractivity contribution in [2.24, 2.45) is 0 Å². The van der Waals surface area contributed by atoms with Crippen molar-refractivity contribution < 1.29 is 19.1 Å². The van der Waals surface area contributed by atoms with Crippen LogP contribution in [0.1, 0.15) is 33.9 Å². The molecule has 1 aromatic carbocycles. The third-order valence-electron chi connectivity index (χ3n) is 3.31. The molecule has 0 saturated heterocycles. The number of carbonyl (C=O) groups is 1. The first-order valence-corrected chi connectivity index (χ1v) is 6.27. The Labute approximate surface area is 110 Å². The first-order valence-electron chi connectivity index (χ1n) is 6.27. The Morgan fingerprint density at radius 3 is 2.84 bits per heavy atom. The molecule has 0 amide bonds. The molecule has 3 rings (SSSR count). The predicted octanol–water partition coefficient (Wildman–Crippen LogP) is 1.71. The van der Waals surface area contributed by atoms with Crippen LogP contribution in [0.25, 0.3) is 0 Å². The molecular weight excluding hydrogens is 244 g/mol. The van der Waals surface area contributed by atoms with Gasteiger partial charge in [-0.05, 0) is 54.7 Å². The Kier molecular flexibility index (Phi) is 2.99. The predicted molar refractivity (Wildman–Crippen MR) is 65.8 cm³/mol. The molecule has 0 radical (unpaired) electrons. The SMILES string of the molecule is O=C([O-])c1ccc(COc2ccc3c(c2)CCC3)o1. The van der Waals surface area contributed by atoms with Crippen LogP contribution in [0, 0.1) is 0 Å². The molecule has 0 atom stereocenters. The number of carboxylic acid groups (broad SMARTS) is 1. The molecule has 98 valence electrons. The fourth-order valence-corrected chi connectivity index (χ4v) is 2.36. The number of hydrogen-bond donors (Lipinski definition) is 0. The zero-order valence-corrected chi connectivity index (χ0v) is 10.3. The number of rotatable bonds is 4. The number of carboxylic acids is 1. The minimum absolute atomic E-state index is 0.174. The van der Waals surface area contributed by atoms with Crippen LogP contribution in [0.15, 0.2) is 34.7 Å². The number of carbonyl (C=O) groups excluding carboxylic acids is 1. The van der Waals surface area contributed by atoms with Gasteiger partial charge in [-0.3, -0.25) is 0 Å². The summed E-state index contributed by atoms with van der Waals surface area (Å²) in [7, 11) is 0. The fourth-order valence-electron chi connectivity index (χ4n) is 2.36. The molecule has 1 aliphatic rings. The maximum absolute atomic E-state index is 10.6. The average Bonchev–Trinajstić information content (AvgIpc) is 3.04. The van der Waals surface area contributed by atoms with E-state index in [4.69, 9.17) is 9.15 Å². The molecule has 4 heteroatoms. The van der Waals surface area contributed by atoms with Gasteiger partial charge in [0, 0.05) is 0 Å². The van der Waals surface area contributed by atoms with Crippen molar-refractivity contribution in [3.05, 3.63) is 53.0 Å². The molecule has 1 aromatic heterocycles. The van der Waals surface area contributed by atoms with Crippen LogP contribution >= 0.6 is 0 Å². The molecule has 0 N–H and O–H groups in total. The van der Waals surface area contributed by atoms with Crippen LogP contribution in [-0.2, 0) is 19.4 Å². The van der Waals surface area contributed by atoms with Crippen LogP contribution in [0.5, 0.6) is 5.75 Å². The fraction of sp³-hybridized carbons (Fsp3) is 0.267. The van der Waals surface area contributed by atoms with Gasteiger partial charge in [0.15, 0.2) is 0 Å². The zero-order chi connectivity index (χ0) is 13.2. The molecule has 1 aliphatic carbocycles. The van der Waals surface area contributed by atoms with E-state index < -0.39 is 5.97 Å². The summed E-state index contributed by atoms with van der Waals surface area (Å²) in [6, 6.07) is 9.03. The van der Waals surface area contributed by atoms with Gasteiger partial charge >= 0.3 is 0 Å². The summed E-state index contributed by atoms with van der Waals surface area (Å²) < 4.78 is 10.7. The topological polar surface area (TPSA) is 62.5 Å². The van der Waals surface area contributed by atoms with Crippen molar-refractivity contribution >= 4 is 5.97 Å². The van der Waals surface area contributed by atoms with E-state index in [-0.39, 0.29) is 12.4 Å². The molecular formula is C15H13O4-. The van der Waals surface area contributed by atoms with Crippen LogP contribution in [-0.4, -0.2) is 5.97 Å². The maximum Gasteiger partial charge on any atom is 0.149 e. The minimum Gasteiger partial charge on any atom is -0.542 e. The normalized spacial score (nSPS) is 13.3. The van der Waals surface area contributed by atoms with Crippen molar-refractivity contribution in [3.63, 3.8) is 0 Å². The number of aryl methyl sites for hydroxylation is 2. The van der Waals surface area contributed by atoms with Gasteiger partial charge < -0.3 is 19.1 Å². The molecule has 19 heavy (non-hydrogen) atoms. The monoisotopic (exact) mass is 257 g/mol. The highest BCUT2D eigenvalue weighted by Gasteiger charge is 2.11. The number of ether oxygens (including phenoxy) is 1. The lowest BCUT2D eigenvalue weighted by Gasteiger charge is -2.06. The summed E-state index contributed by atoms with van der Waals surface area (Å²) in [6.45, 7) is 0.214. The average molecular weight is 257 g/mol. The second-order valence-corrected chi connectivity index (χ2v) is 4.63. The maximum atomic E-state index is 10.6. The molecule has 2 aromatic rings. The van der Waals surface area contributed by atoms with Gasteiger partial charge in [0.1, 0.15) is 29.8 Å². The molecule has 0 unspecified atom stereocenters. The highest BCUT2D eigenvalue weighted by molar-refractivity contribution is 5.82. The molecule has 0 fully saturated rings. The lowest BCUT2D eigenvalue weighted by Crippen LogP contribution is -2.21. The van der Waals surface area contributed by atoms with E-state index in [0.717, 1.165) is 18.6 Å². The third-order valence-corrected chi connectivity index (χ3v) is 3.31. The highest BCUT2D eigenvalue weighted by atomic mass is 16.5. The second-order valence-electron chi connectivity index (χ2n) is 4.63. The smallest absolute Gasteiger partial charge is 0.149 e. The first kappa shape index (κ1) is 11.8. The van der Waals surface area contributed by atoms with Crippen molar-refractivity contribution in [3.8, 4) is 5.75 Å². The lowest BCUT2D eigenvalue weighted by atomic mass is 10.1. The molecule has 0 spiro atoms. The number of fused-ring (bicyclic) bond motifs is 1. The van der Waals surface area contributed by atoms with Crippen molar-refractivity contribution in [2.75, 3.05) is 0 Å². The summed E-state index contributed by atoms with van der Waals surface area (Å²) in [5, 5.41) is 10.6. The van der Waals surface area contributed by atoms with E-state index in [1.165, 1.54) is 23.6 Å². The number of benzene rings is 1.